The average Bonchev–Trinajstić information content (AvgIpc) is 3.11. The van der Waals surface area contributed by atoms with Gasteiger partial charge >= 0.3 is 0 Å². The molecule has 1 aliphatic carbocycles. The van der Waals surface area contributed by atoms with E-state index < -0.39 is 0 Å². The summed E-state index contributed by atoms with van der Waals surface area (Å²) in [6.07, 6.45) is 3.55. The fourth-order valence-corrected chi connectivity index (χ4v) is 2.17. The van der Waals surface area contributed by atoms with E-state index >= 15 is 0 Å². The molecular formula is C13H15NO3. The zero-order valence-corrected chi connectivity index (χ0v) is 9.57. The number of fused-ring (bicyclic) bond motifs is 1. The Hall–Kier alpha value is -1.55. The van der Waals surface area contributed by atoms with Crippen LogP contribution in [0.1, 0.15) is 35.2 Å². The highest BCUT2D eigenvalue weighted by atomic mass is 16.5. The van der Waals surface area contributed by atoms with Gasteiger partial charge in [-0.05, 0) is 18.9 Å². The van der Waals surface area contributed by atoms with E-state index in [0.29, 0.717) is 30.3 Å². The van der Waals surface area contributed by atoms with Crippen LogP contribution in [0.15, 0.2) is 12.1 Å². The number of carbonyl (C=O) groups is 1. The van der Waals surface area contributed by atoms with Crippen LogP contribution >= 0.6 is 0 Å². The Kier molecular flexibility index (Phi) is 2.33. The molecule has 0 atom stereocenters. The van der Waals surface area contributed by atoms with Crippen LogP contribution in [0.3, 0.4) is 0 Å². The second-order valence-electron chi connectivity index (χ2n) is 4.69. The van der Waals surface area contributed by atoms with Gasteiger partial charge in [-0.15, -0.1) is 0 Å². The molecule has 1 saturated carbocycles. The van der Waals surface area contributed by atoms with Crippen molar-refractivity contribution in [3.05, 3.63) is 23.3 Å². The van der Waals surface area contributed by atoms with Gasteiger partial charge in [0.05, 0.1) is 18.8 Å². The SMILES string of the molecule is NC1(c2ccc(C=O)c3c2OCCCO3)CC1. The van der Waals surface area contributed by atoms with Gasteiger partial charge in [-0.3, -0.25) is 4.79 Å². The highest BCUT2D eigenvalue weighted by molar-refractivity contribution is 5.82. The first-order chi connectivity index (χ1) is 8.24. The number of hydrogen-bond acceptors (Lipinski definition) is 4. The van der Waals surface area contributed by atoms with E-state index in [1.165, 1.54) is 0 Å². The molecule has 2 aliphatic rings. The topological polar surface area (TPSA) is 61.6 Å². The first-order valence-electron chi connectivity index (χ1n) is 5.92. The zero-order chi connectivity index (χ0) is 11.9. The molecule has 0 spiro atoms. The fraction of sp³-hybridized carbons (Fsp3) is 0.462. The lowest BCUT2D eigenvalue weighted by atomic mass is 10.0. The lowest BCUT2D eigenvalue weighted by molar-refractivity contribution is 0.111. The number of benzene rings is 1. The summed E-state index contributed by atoms with van der Waals surface area (Å²) in [6, 6.07) is 3.66. The predicted molar refractivity (Wildman–Crippen MR) is 62.5 cm³/mol. The Balaban J connectivity index is 2.15. The van der Waals surface area contributed by atoms with Crippen LogP contribution in [0.4, 0.5) is 0 Å². The normalized spacial score (nSPS) is 20.5. The molecule has 4 nitrogen and oxygen atoms in total. The zero-order valence-electron chi connectivity index (χ0n) is 9.57. The molecule has 17 heavy (non-hydrogen) atoms. The first kappa shape index (κ1) is 10.6. The van der Waals surface area contributed by atoms with Crippen molar-refractivity contribution < 1.29 is 14.3 Å². The van der Waals surface area contributed by atoms with E-state index in [4.69, 9.17) is 15.2 Å². The summed E-state index contributed by atoms with van der Waals surface area (Å²) in [4.78, 5) is 11.0. The van der Waals surface area contributed by atoms with E-state index in [-0.39, 0.29) is 5.54 Å². The van der Waals surface area contributed by atoms with Gasteiger partial charge in [0.15, 0.2) is 17.8 Å². The number of carbonyl (C=O) groups excluding carboxylic acids is 1. The van der Waals surface area contributed by atoms with Gasteiger partial charge in [-0.25, -0.2) is 0 Å². The molecule has 0 aromatic heterocycles. The summed E-state index contributed by atoms with van der Waals surface area (Å²) >= 11 is 0. The van der Waals surface area contributed by atoms with E-state index in [1.807, 2.05) is 6.07 Å². The molecule has 90 valence electrons. The van der Waals surface area contributed by atoms with Crippen LogP contribution < -0.4 is 15.2 Å². The third-order valence-electron chi connectivity index (χ3n) is 3.38. The summed E-state index contributed by atoms with van der Waals surface area (Å²) in [7, 11) is 0. The summed E-state index contributed by atoms with van der Waals surface area (Å²) in [5, 5.41) is 0. The minimum atomic E-state index is -0.279. The standard InChI is InChI=1S/C13H15NO3/c14-13(4-5-13)10-3-2-9(8-15)11-12(10)17-7-1-6-16-11/h2-3,8H,1,4-7,14H2. The van der Waals surface area contributed by atoms with Gasteiger partial charge in [0.1, 0.15) is 0 Å². The van der Waals surface area contributed by atoms with E-state index in [0.717, 1.165) is 31.1 Å². The Morgan fingerprint density at radius 2 is 1.88 bits per heavy atom. The smallest absolute Gasteiger partial charge is 0.172 e. The van der Waals surface area contributed by atoms with Crippen LogP contribution in [0, 0.1) is 0 Å². The number of hydrogen-bond donors (Lipinski definition) is 1. The van der Waals surface area contributed by atoms with Crippen molar-refractivity contribution in [2.75, 3.05) is 13.2 Å². The highest BCUT2D eigenvalue weighted by Crippen LogP contribution is 2.50. The average molecular weight is 233 g/mol. The molecule has 1 aliphatic heterocycles. The quantitative estimate of drug-likeness (QED) is 0.788. The Morgan fingerprint density at radius 3 is 2.53 bits per heavy atom. The molecule has 4 heteroatoms. The van der Waals surface area contributed by atoms with Crippen molar-refractivity contribution in [1.29, 1.82) is 0 Å². The van der Waals surface area contributed by atoms with Crippen LogP contribution in [-0.2, 0) is 5.54 Å². The van der Waals surface area contributed by atoms with Crippen molar-refractivity contribution in [3.63, 3.8) is 0 Å². The molecule has 0 amide bonds. The van der Waals surface area contributed by atoms with Crippen molar-refractivity contribution in [1.82, 2.24) is 0 Å². The molecule has 2 N–H and O–H groups in total. The van der Waals surface area contributed by atoms with Crippen molar-refractivity contribution in [2.45, 2.75) is 24.8 Å². The summed E-state index contributed by atoms with van der Waals surface area (Å²) < 4.78 is 11.3. The largest absolute Gasteiger partial charge is 0.489 e. The van der Waals surface area contributed by atoms with Gasteiger partial charge in [0.2, 0.25) is 0 Å². The second kappa shape index (κ2) is 3.74. The molecule has 1 aromatic rings. The van der Waals surface area contributed by atoms with Gasteiger partial charge in [-0.2, -0.15) is 0 Å². The number of aldehydes is 1. The summed E-state index contributed by atoms with van der Waals surface area (Å²) in [6.45, 7) is 1.19. The molecule has 0 bridgehead atoms. The van der Waals surface area contributed by atoms with E-state index in [2.05, 4.69) is 0 Å². The van der Waals surface area contributed by atoms with Crippen LogP contribution in [0.25, 0.3) is 0 Å². The van der Waals surface area contributed by atoms with Gasteiger partial charge < -0.3 is 15.2 Å². The Labute approximate surface area is 99.7 Å². The Morgan fingerprint density at radius 1 is 1.18 bits per heavy atom. The van der Waals surface area contributed by atoms with E-state index in [9.17, 15) is 4.79 Å². The molecule has 0 unspecified atom stereocenters. The predicted octanol–water partition coefficient (Wildman–Crippen LogP) is 1.61. The number of nitrogens with two attached hydrogens (primary N) is 1. The fourth-order valence-electron chi connectivity index (χ4n) is 2.17. The van der Waals surface area contributed by atoms with Crippen molar-refractivity contribution >= 4 is 6.29 Å². The Bertz CT molecular complexity index is 466. The number of ether oxygens (including phenoxy) is 2. The lowest BCUT2D eigenvalue weighted by Gasteiger charge is -2.18. The molecule has 1 heterocycles. The molecular weight excluding hydrogens is 218 g/mol. The molecule has 1 fully saturated rings. The molecule has 0 saturated heterocycles. The van der Waals surface area contributed by atoms with Crippen molar-refractivity contribution in [2.24, 2.45) is 5.73 Å². The highest BCUT2D eigenvalue weighted by Gasteiger charge is 2.43. The maximum Gasteiger partial charge on any atom is 0.172 e. The molecule has 0 radical (unpaired) electrons. The lowest BCUT2D eigenvalue weighted by Crippen LogP contribution is -2.20. The third-order valence-corrected chi connectivity index (χ3v) is 3.38. The van der Waals surface area contributed by atoms with Crippen LogP contribution in [-0.4, -0.2) is 19.5 Å². The van der Waals surface area contributed by atoms with Crippen LogP contribution in [0.5, 0.6) is 11.5 Å². The number of rotatable bonds is 2. The third kappa shape index (κ3) is 1.69. The maximum atomic E-state index is 11.0. The van der Waals surface area contributed by atoms with Crippen LogP contribution in [0.2, 0.25) is 0 Å². The van der Waals surface area contributed by atoms with Gasteiger partial charge in [0.25, 0.3) is 0 Å². The monoisotopic (exact) mass is 233 g/mol. The minimum absolute atomic E-state index is 0.279. The minimum Gasteiger partial charge on any atom is -0.489 e. The van der Waals surface area contributed by atoms with E-state index in [1.54, 1.807) is 6.07 Å². The van der Waals surface area contributed by atoms with Gasteiger partial charge in [-0.1, -0.05) is 6.07 Å². The van der Waals surface area contributed by atoms with Gasteiger partial charge in [0, 0.05) is 17.5 Å². The first-order valence-corrected chi connectivity index (χ1v) is 5.92. The molecule has 3 rings (SSSR count). The maximum absolute atomic E-state index is 11.0. The summed E-state index contributed by atoms with van der Waals surface area (Å²) in [5.74, 6) is 1.24. The molecule has 1 aromatic carbocycles. The second-order valence-corrected chi connectivity index (χ2v) is 4.69. The van der Waals surface area contributed by atoms with Crippen molar-refractivity contribution in [3.8, 4) is 11.5 Å². The summed E-state index contributed by atoms with van der Waals surface area (Å²) in [5.41, 5.74) is 7.44.